The molecule has 3 aromatic carbocycles. The molecule has 1 amide bonds. The van der Waals surface area contributed by atoms with Gasteiger partial charge in [0.2, 0.25) is 0 Å². The van der Waals surface area contributed by atoms with E-state index in [1.807, 2.05) is 67.6 Å². The van der Waals surface area contributed by atoms with Gasteiger partial charge in [-0.15, -0.1) is 0 Å². The summed E-state index contributed by atoms with van der Waals surface area (Å²) in [5.41, 5.74) is 4.80. The van der Waals surface area contributed by atoms with Crippen LogP contribution in [0.2, 0.25) is 5.02 Å². The number of amides is 1. The Hall–Kier alpha value is -3.35. The standard InChI is InChI=1S/C28H29ClN2O4/c1-21-17-24(9-12-27(21)34-20-28(32)31-13-15-33-16-14-31)26(18-22-5-3-2-4-6-22)30-35-19-23-7-10-25(29)11-8-23/h2-12,17H,13-16,18-20H2,1H3. The summed E-state index contributed by atoms with van der Waals surface area (Å²) in [6.45, 7) is 4.68. The average molecular weight is 493 g/mol. The van der Waals surface area contributed by atoms with E-state index in [9.17, 15) is 4.79 Å². The Morgan fingerprint density at radius 1 is 1.00 bits per heavy atom. The molecule has 0 aromatic heterocycles. The molecule has 0 bridgehead atoms. The van der Waals surface area contributed by atoms with Crippen LogP contribution in [-0.2, 0) is 27.4 Å². The number of hydrogen-bond donors (Lipinski definition) is 0. The number of nitrogens with zero attached hydrogens (tertiary/aromatic N) is 2. The van der Waals surface area contributed by atoms with Crippen LogP contribution >= 0.6 is 11.6 Å². The molecule has 0 atom stereocenters. The van der Waals surface area contributed by atoms with E-state index < -0.39 is 0 Å². The molecule has 182 valence electrons. The molecule has 6 nitrogen and oxygen atoms in total. The molecule has 0 spiro atoms. The van der Waals surface area contributed by atoms with Gasteiger partial charge in [-0.2, -0.15) is 0 Å². The molecule has 7 heteroatoms. The van der Waals surface area contributed by atoms with Crippen molar-refractivity contribution in [2.24, 2.45) is 5.16 Å². The van der Waals surface area contributed by atoms with Gasteiger partial charge in [0.15, 0.2) is 6.61 Å². The number of rotatable bonds is 9. The number of aryl methyl sites for hydroxylation is 1. The Bertz CT molecular complexity index is 1140. The first kappa shape index (κ1) is 24.8. The fourth-order valence-corrected chi connectivity index (χ4v) is 3.90. The van der Waals surface area contributed by atoms with E-state index in [1.54, 1.807) is 4.90 Å². The predicted octanol–water partition coefficient (Wildman–Crippen LogP) is 5.05. The van der Waals surface area contributed by atoms with Crippen LogP contribution in [0.4, 0.5) is 0 Å². The van der Waals surface area contributed by atoms with Crippen molar-refractivity contribution in [3.63, 3.8) is 0 Å². The molecule has 4 rings (SSSR count). The maximum Gasteiger partial charge on any atom is 0.260 e. The molecule has 0 aliphatic carbocycles. The third kappa shape index (κ3) is 7.31. The lowest BCUT2D eigenvalue weighted by molar-refractivity contribution is -0.137. The summed E-state index contributed by atoms with van der Waals surface area (Å²) in [6, 6.07) is 23.5. The first-order valence-corrected chi connectivity index (χ1v) is 12.0. The molecular weight excluding hydrogens is 464 g/mol. The van der Waals surface area contributed by atoms with Crippen LogP contribution in [0, 0.1) is 6.92 Å². The van der Waals surface area contributed by atoms with Crippen LogP contribution in [0.25, 0.3) is 0 Å². The van der Waals surface area contributed by atoms with Crippen LogP contribution in [0.5, 0.6) is 5.75 Å². The van der Waals surface area contributed by atoms with E-state index in [1.165, 1.54) is 0 Å². The molecule has 1 aliphatic heterocycles. The quantitative estimate of drug-likeness (QED) is 0.310. The van der Waals surface area contributed by atoms with E-state index in [-0.39, 0.29) is 12.5 Å². The van der Waals surface area contributed by atoms with Gasteiger partial charge in [-0.3, -0.25) is 4.79 Å². The number of oxime groups is 1. The highest BCUT2D eigenvalue weighted by Gasteiger charge is 2.18. The summed E-state index contributed by atoms with van der Waals surface area (Å²) >= 11 is 5.97. The zero-order valence-electron chi connectivity index (χ0n) is 19.8. The van der Waals surface area contributed by atoms with E-state index in [0.29, 0.717) is 50.1 Å². The largest absolute Gasteiger partial charge is 0.483 e. The van der Waals surface area contributed by atoms with Gasteiger partial charge in [0, 0.05) is 30.1 Å². The summed E-state index contributed by atoms with van der Waals surface area (Å²) in [7, 11) is 0. The van der Waals surface area contributed by atoms with E-state index in [4.69, 9.17) is 25.9 Å². The first-order chi connectivity index (χ1) is 17.1. The highest BCUT2D eigenvalue weighted by Crippen LogP contribution is 2.21. The van der Waals surface area contributed by atoms with Crippen molar-refractivity contribution in [1.29, 1.82) is 0 Å². The molecular formula is C28H29ClN2O4. The minimum atomic E-state index is -0.0290. The highest BCUT2D eigenvalue weighted by molar-refractivity contribution is 6.30. The van der Waals surface area contributed by atoms with Gasteiger partial charge in [0.25, 0.3) is 5.91 Å². The third-order valence-electron chi connectivity index (χ3n) is 5.76. The van der Waals surface area contributed by atoms with Crippen molar-refractivity contribution in [3.05, 3.63) is 100 Å². The Kier molecular flexibility index (Phi) is 8.76. The highest BCUT2D eigenvalue weighted by atomic mass is 35.5. The SMILES string of the molecule is Cc1cc(C(Cc2ccccc2)=NOCc2ccc(Cl)cc2)ccc1OCC(=O)N1CCOCC1. The fraction of sp³-hybridized carbons (Fsp3) is 0.286. The smallest absolute Gasteiger partial charge is 0.260 e. The average Bonchev–Trinajstić information content (AvgIpc) is 2.89. The van der Waals surface area contributed by atoms with Crippen LogP contribution in [0.15, 0.2) is 78.0 Å². The van der Waals surface area contributed by atoms with Crippen molar-refractivity contribution >= 4 is 23.2 Å². The van der Waals surface area contributed by atoms with E-state index in [2.05, 4.69) is 17.3 Å². The monoisotopic (exact) mass is 492 g/mol. The van der Waals surface area contributed by atoms with Gasteiger partial charge in [-0.05, 0) is 53.9 Å². The topological polar surface area (TPSA) is 60.4 Å². The Morgan fingerprint density at radius 2 is 1.74 bits per heavy atom. The van der Waals surface area contributed by atoms with Gasteiger partial charge < -0.3 is 19.2 Å². The summed E-state index contributed by atoms with van der Waals surface area (Å²) in [6.07, 6.45) is 0.622. The second-order valence-electron chi connectivity index (χ2n) is 8.36. The van der Waals surface area contributed by atoms with E-state index >= 15 is 0 Å². The lowest BCUT2D eigenvalue weighted by Crippen LogP contribution is -2.43. The van der Waals surface area contributed by atoms with Crippen molar-refractivity contribution in [2.45, 2.75) is 20.0 Å². The first-order valence-electron chi connectivity index (χ1n) is 11.6. The van der Waals surface area contributed by atoms with Crippen molar-refractivity contribution in [2.75, 3.05) is 32.9 Å². The molecule has 1 fully saturated rings. The third-order valence-corrected chi connectivity index (χ3v) is 6.01. The summed E-state index contributed by atoms with van der Waals surface area (Å²) < 4.78 is 11.1. The lowest BCUT2D eigenvalue weighted by Gasteiger charge is -2.26. The number of halogens is 1. The maximum absolute atomic E-state index is 12.4. The molecule has 1 heterocycles. The van der Waals surface area contributed by atoms with Gasteiger partial charge in [0.1, 0.15) is 12.4 Å². The van der Waals surface area contributed by atoms with E-state index in [0.717, 1.165) is 28.0 Å². The second kappa shape index (κ2) is 12.4. The van der Waals surface area contributed by atoms with Crippen molar-refractivity contribution < 1.29 is 19.1 Å². The van der Waals surface area contributed by atoms with Gasteiger partial charge in [0.05, 0.1) is 18.9 Å². The minimum absolute atomic E-state index is 0.00928. The molecule has 0 saturated carbocycles. The lowest BCUT2D eigenvalue weighted by atomic mass is 10.0. The molecule has 35 heavy (non-hydrogen) atoms. The van der Waals surface area contributed by atoms with Crippen LogP contribution in [0.1, 0.15) is 22.3 Å². The normalized spacial score (nSPS) is 14.0. The van der Waals surface area contributed by atoms with Crippen molar-refractivity contribution in [3.8, 4) is 5.75 Å². The van der Waals surface area contributed by atoms with Crippen molar-refractivity contribution in [1.82, 2.24) is 4.90 Å². The zero-order chi connectivity index (χ0) is 24.5. The number of benzene rings is 3. The van der Waals surface area contributed by atoms with Gasteiger partial charge in [-0.25, -0.2) is 0 Å². The maximum atomic E-state index is 12.4. The summed E-state index contributed by atoms with van der Waals surface area (Å²) in [5.74, 6) is 0.648. The predicted molar refractivity (Wildman–Crippen MR) is 137 cm³/mol. The second-order valence-corrected chi connectivity index (χ2v) is 8.80. The van der Waals surface area contributed by atoms with Crippen LogP contribution < -0.4 is 4.74 Å². The number of carbonyl (C=O) groups excluding carboxylic acids is 1. The number of carbonyl (C=O) groups is 1. The number of ether oxygens (including phenoxy) is 2. The Labute approximate surface area is 211 Å². The van der Waals surface area contributed by atoms with Gasteiger partial charge in [-0.1, -0.05) is 59.2 Å². The molecule has 0 radical (unpaired) electrons. The summed E-state index contributed by atoms with van der Waals surface area (Å²) in [5, 5.41) is 5.17. The molecule has 0 unspecified atom stereocenters. The Balaban J connectivity index is 1.45. The molecule has 3 aromatic rings. The minimum Gasteiger partial charge on any atom is -0.483 e. The molecule has 1 saturated heterocycles. The number of morpholine rings is 1. The summed E-state index contributed by atoms with van der Waals surface area (Å²) in [4.78, 5) is 19.9. The van der Waals surface area contributed by atoms with Gasteiger partial charge >= 0.3 is 0 Å². The zero-order valence-corrected chi connectivity index (χ0v) is 20.5. The number of hydrogen-bond acceptors (Lipinski definition) is 5. The van der Waals surface area contributed by atoms with Crippen LogP contribution in [0.3, 0.4) is 0 Å². The molecule has 1 aliphatic rings. The fourth-order valence-electron chi connectivity index (χ4n) is 3.78. The molecule has 0 N–H and O–H groups in total. The Morgan fingerprint density at radius 3 is 2.46 bits per heavy atom. The van der Waals surface area contributed by atoms with Crippen LogP contribution in [-0.4, -0.2) is 49.4 Å².